The molecule has 0 aromatic heterocycles. The fourth-order valence-electron chi connectivity index (χ4n) is 0. The van der Waals surface area contributed by atoms with Gasteiger partial charge < -0.3 is 85.3 Å². The molecule has 0 heterocycles. The second kappa shape index (κ2) is 52.9. The van der Waals surface area contributed by atoms with Gasteiger partial charge in [0.25, 0.3) is 0 Å². The molecule has 0 aliphatic heterocycles. The Morgan fingerprint density at radius 2 is 0.286 bits per heavy atom. The second-order valence-electron chi connectivity index (χ2n) is 0. The molecular formula is Se5V2. The van der Waals surface area contributed by atoms with Crippen molar-refractivity contribution in [2.45, 2.75) is 0 Å². The number of rotatable bonds is 0. The molecule has 0 atom stereocenters. The zero-order chi connectivity index (χ0) is 0. The Balaban J connectivity index is 0. The van der Waals surface area contributed by atoms with Crippen LogP contribution in [0.4, 0.5) is 0 Å². The van der Waals surface area contributed by atoms with E-state index in [1.807, 2.05) is 0 Å². The maximum atomic E-state index is 0. The zero-order valence-electron chi connectivity index (χ0n) is 2.94. The Morgan fingerprint density at radius 3 is 0.286 bits per heavy atom. The summed E-state index contributed by atoms with van der Waals surface area (Å²) < 4.78 is 0. The van der Waals surface area contributed by atoms with Crippen LogP contribution in [0, 0.1) is 0 Å². The van der Waals surface area contributed by atoms with Crippen molar-refractivity contribution in [2.24, 2.45) is 0 Å². The summed E-state index contributed by atoms with van der Waals surface area (Å²) in [6, 6.07) is 0. The van der Waals surface area contributed by atoms with Crippen molar-refractivity contribution < 1.29 is 37.1 Å². The molecule has 0 unspecified atom stereocenters. The topological polar surface area (TPSA) is 0 Å². The summed E-state index contributed by atoms with van der Waals surface area (Å²) in [5, 5.41) is 0. The molecule has 0 aromatic carbocycles. The van der Waals surface area contributed by atoms with Crippen molar-refractivity contribution in [2.75, 3.05) is 0 Å². The minimum Gasteiger partial charge on any atom is -2.00 e. The van der Waals surface area contributed by atoms with Gasteiger partial charge in [0, 0.05) is 0 Å². The van der Waals surface area contributed by atoms with E-state index in [0.29, 0.717) is 0 Å². The molecule has 0 aliphatic rings. The predicted molar refractivity (Wildman–Crippen MR) is 28.8 cm³/mol. The monoisotopic (exact) mass is 501 g/mol. The molecule has 7 heteroatoms. The Morgan fingerprint density at radius 1 is 0.286 bits per heavy atom. The van der Waals surface area contributed by atoms with Gasteiger partial charge in [-0.05, 0) is 0 Å². The largest absolute Gasteiger partial charge is 5.00 e. The fourth-order valence-corrected chi connectivity index (χ4v) is 0. The molecule has 0 saturated heterocycles. The predicted octanol–water partition coefficient (Wildman–Crippen LogP) is -1.91. The maximum absolute atomic E-state index is 0. The minimum absolute atomic E-state index is 0. The van der Waals surface area contributed by atoms with Gasteiger partial charge in [-0.25, -0.2) is 0 Å². The maximum Gasteiger partial charge on any atom is 5.00 e. The van der Waals surface area contributed by atoms with E-state index >= 15 is 0 Å². The van der Waals surface area contributed by atoms with Crippen LogP contribution in [0.5, 0.6) is 0 Å². The molecule has 40 valence electrons. The smallest absolute Gasteiger partial charge is 2.00 e. The number of hydrogen-bond donors (Lipinski definition) is 0. The van der Waals surface area contributed by atoms with E-state index in [4.69, 9.17) is 0 Å². The van der Waals surface area contributed by atoms with Crippen LogP contribution >= 0.6 is 0 Å². The molecule has 0 nitrogen and oxygen atoms in total. The molecule has 0 N–H and O–H groups in total. The van der Waals surface area contributed by atoms with Crippen LogP contribution in [0.1, 0.15) is 0 Å². The molecule has 0 bridgehead atoms. The third-order valence-electron chi connectivity index (χ3n) is 0. The van der Waals surface area contributed by atoms with Crippen molar-refractivity contribution in [1.29, 1.82) is 0 Å². The zero-order valence-corrected chi connectivity index (χ0v) is 14.3. The summed E-state index contributed by atoms with van der Waals surface area (Å²) in [5.41, 5.74) is 0. The molecule has 0 saturated carbocycles. The van der Waals surface area contributed by atoms with Gasteiger partial charge in [-0.15, -0.1) is 0 Å². The fraction of sp³-hybridized carbons (Fsp3) is 0. The quantitative estimate of drug-likeness (QED) is 0.344. The molecule has 0 radical (unpaired) electrons. The van der Waals surface area contributed by atoms with Crippen LogP contribution in [-0.4, -0.2) is 85.3 Å². The van der Waals surface area contributed by atoms with Crippen LogP contribution in [-0.2, 0) is 37.1 Å². The first-order chi connectivity index (χ1) is 0. The Kier molecular flexibility index (Phi) is 547. The first-order valence-electron chi connectivity index (χ1n) is 0. The Bertz CT molecular complexity index is 6.04. The molecule has 0 fully saturated rings. The number of hydrogen-bond acceptors (Lipinski definition) is 0. The van der Waals surface area contributed by atoms with Crippen molar-refractivity contribution >= 4 is 85.3 Å². The van der Waals surface area contributed by atoms with Gasteiger partial charge in [0.15, 0.2) is 0 Å². The summed E-state index contributed by atoms with van der Waals surface area (Å²) in [6.07, 6.45) is 0. The summed E-state index contributed by atoms with van der Waals surface area (Å²) in [7, 11) is 0. The van der Waals surface area contributed by atoms with Crippen molar-refractivity contribution in [3.05, 3.63) is 0 Å². The molecule has 7 heavy (non-hydrogen) atoms. The van der Waals surface area contributed by atoms with E-state index in [9.17, 15) is 0 Å². The molecule has 0 aromatic rings. The van der Waals surface area contributed by atoms with Gasteiger partial charge in [-0.1, -0.05) is 0 Å². The summed E-state index contributed by atoms with van der Waals surface area (Å²) in [4.78, 5) is 0. The van der Waals surface area contributed by atoms with Crippen LogP contribution in [0.2, 0.25) is 0 Å². The first-order valence-corrected chi connectivity index (χ1v) is 0. The van der Waals surface area contributed by atoms with E-state index in [1.54, 1.807) is 0 Å². The second-order valence-corrected chi connectivity index (χ2v) is 0. The molecule has 0 spiro atoms. The Labute approximate surface area is 120 Å². The third-order valence-corrected chi connectivity index (χ3v) is 0. The summed E-state index contributed by atoms with van der Waals surface area (Å²) >= 11 is 0. The summed E-state index contributed by atoms with van der Waals surface area (Å²) in [5.74, 6) is 0. The van der Waals surface area contributed by atoms with Crippen LogP contribution in [0.3, 0.4) is 0 Å². The average Bonchev–Trinajstić information content (AvgIpc) is 0. The Hall–Kier alpha value is 3.77. The van der Waals surface area contributed by atoms with Gasteiger partial charge in [0.2, 0.25) is 0 Å². The van der Waals surface area contributed by atoms with E-state index in [0.717, 1.165) is 0 Å². The SMILES string of the molecule is [Se-2].[Se-2].[Se-2].[Se-2].[Se-2].[V+5].[V+5]. The van der Waals surface area contributed by atoms with Gasteiger partial charge in [0.05, 0.1) is 0 Å². The van der Waals surface area contributed by atoms with Crippen LogP contribution < -0.4 is 0 Å². The van der Waals surface area contributed by atoms with Gasteiger partial charge in [-0.2, -0.15) is 0 Å². The van der Waals surface area contributed by atoms with Crippen molar-refractivity contribution in [3.8, 4) is 0 Å². The van der Waals surface area contributed by atoms with E-state index in [2.05, 4.69) is 0 Å². The van der Waals surface area contributed by atoms with E-state index in [1.165, 1.54) is 0 Å². The van der Waals surface area contributed by atoms with Crippen LogP contribution in [0.15, 0.2) is 0 Å². The average molecular weight is 497 g/mol. The normalized spacial score (nSPS) is 0. The van der Waals surface area contributed by atoms with E-state index < -0.39 is 0 Å². The van der Waals surface area contributed by atoms with Crippen molar-refractivity contribution in [1.82, 2.24) is 0 Å². The van der Waals surface area contributed by atoms with Gasteiger partial charge in [-0.3, -0.25) is 0 Å². The molecule has 0 rings (SSSR count). The molecule has 0 amide bonds. The van der Waals surface area contributed by atoms with Gasteiger partial charge in [0.1, 0.15) is 0 Å². The standard InChI is InChI=1S/5Se.2V/q5*-2;2*+5. The van der Waals surface area contributed by atoms with Crippen molar-refractivity contribution in [3.63, 3.8) is 0 Å². The molecule has 0 aliphatic carbocycles. The van der Waals surface area contributed by atoms with Crippen LogP contribution in [0.25, 0.3) is 0 Å². The minimum atomic E-state index is 0. The summed E-state index contributed by atoms with van der Waals surface area (Å²) in [6.45, 7) is 0. The van der Waals surface area contributed by atoms with E-state index in [-0.39, 0.29) is 122 Å². The third kappa shape index (κ3) is 41.5. The first kappa shape index (κ1) is 72.4. The van der Waals surface area contributed by atoms with Gasteiger partial charge >= 0.3 is 37.1 Å². The molecular weight excluding hydrogens is 497 g/mol.